The number of hydrogen-bond donors (Lipinski definition) is 1. The van der Waals surface area contributed by atoms with Gasteiger partial charge in [-0.3, -0.25) is 4.68 Å². The molecule has 2 atom stereocenters. The average molecular weight is 388 g/mol. The van der Waals surface area contributed by atoms with Gasteiger partial charge in [0.25, 0.3) is 0 Å². The molecule has 3 rings (SSSR count). The lowest BCUT2D eigenvalue weighted by Crippen LogP contribution is -2.28. The molecule has 8 nitrogen and oxygen atoms in total. The maximum absolute atomic E-state index is 11.5. The van der Waals surface area contributed by atoms with Gasteiger partial charge in [-0.05, 0) is 52.4 Å². The summed E-state index contributed by atoms with van der Waals surface area (Å²) < 4.78 is 13.3. The third kappa shape index (κ3) is 4.67. The molecule has 1 saturated carbocycles. The molecule has 1 aliphatic rings. The molecule has 8 heteroatoms. The van der Waals surface area contributed by atoms with Crippen molar-refractivity contribution < 1.29 is 19.4 Å². The number of aromatic carboxylic acids is 1. The van der Waals surface area contributed by atoms with E-state index in [0.29, 0.717) is 28.7 Å². The fourth-order valence-corrected chi connectivity index (χ4v) is 3.56. The number of hydrogen-bond acceptors (Lipinski definition) is 6. The predicted octanol–water partition coefficient (Wildman–Crippen LogP) is 3.25. The van der Waals surface area contributed by atoms with Gasteiger partial charge in [0.15, 0.2) is 17.3 Å². The van der Waals surface area contributed by atoms with Crippen molar-refractivity contribution in [3.8, 4) is 17.1 Å². The van der Waals surface area contributed by atoms with Crippen molar-refractivity contribution in [1.82, 2.24) is 19.7 Å². The Bertz CT molecular complexity index is 834. The molecule has 1 aliphatic carbocycles. The second-order valence-corrected chi connectivity index (χ2v) is 7.63. The van der Waals surface area contributed by atoms with Gasteiger partial charge in [0.1, 0.15) is 0 Å². The van der Waals surface area contributed by atoms with E-state index in [1.165, 1.54) is 17.3 Å². The number of ether oxygens (including phenoxy) is 2. The van der Waals surface area contributed by atoms with Gasteiger partial charge in [0, 0.05) is 13.7 Å². The lowest BCUT2D eigenvalue weighted by Gasteiger charge is -2.30. The van der Waals surface area contributed by atoms with E-state index in [0.717, 1.165) is 25.9 Å². The van der Waals surface area contributed by atoms with E-state index in [1.54, 1.807) is 13.2 Å². The van der Waals surface area contributed by atoms with Crippen LogP contribution in [0.1, 0.15) is 55.7 Å². The minimum absolute atomic E-state index is 0.0633. The Hall–Kier alpha value is -2.48. The molecular weight excluding hydrogens is 360 g/mol. The van der Waals surface area contributed by atoms with E-state index in [-0.39, 0.29) is 17.9 Å². The highest BCUT2D eigenvalue weighted by molar-refractivity contribution is 5.92. The predicted molar refractivity (Wildman–Crippen MR) is 103 cm³/mol. The van der Waals surface area contributed by atoms with Crippen molar-refractivity contribution in [3.63, 3.8) is 0 Å². The molecule has 2 heterocycles. The number of carboxylic acid groups (broad SMARTS) is 1. The first-order valence-electron chi connectivity index (χ1n) is 9.72. The van der Waals surface area contributed by atoms with E-state index in [9.17, 15) is 9.90 Å². The lowest BCUT2D eigenvalue weighted by atomic mass is 9.87. The van der Waals surface area contributed by atoms with E-state index in [2.05, 4.69) is 28.9 Å². The van der Waals surface area contributed by atoms with Gasteiger partial charge in [0.05, 0.1) is 35.9 Å². The van der Waals surface area contributed by atoms with Crippen LogP contribution in [0, 0.1) is 12.8 Å². The molecule has 152 valence electrons. The molecule has 1 fully saturated rings. The summed E-state index contributed by atoms with van der Waals surface area (Å²) in [4.78, 5) is 20.3. The topological polar surface area (TPSA) is 99.4 Å². The number of carboxylic acids is 1. The van der Waals surface area contributed by atoms with Gasteiger partial charge in [-0.1, -0.05) is 0 Å². The minimum Gasteiger partial charge on any atom is -0.487 e. The Kier molecular flexibility index (Phi) is 6.28. The van der Waals surface area contributed by atoms with Crippen molar-refractivity contribution in [2.45, 2.75) is 58.7 Å². The Balaban J connectivity index is 1.70. The minimum atomic E-state index is -1.06. The second-order valence-electron chi connectivity index (χ2n) is 7.63. The van der Waals surface area contributed by atoms with Crippen LogP contribution in [0.15, 0.2) is 12.4 Å². The smallest absolute Gasteiger partial charge is 0.354 e. The second kappa shape index (κ2) is 8.68. The third-order valence-corrected chi connectivity index (χ3v) is 5.01. The standard InChI is InChI=1S/C20H28N4O4/c1-12(2)27-11-14-6-5-7-15(8-14)28-17-10-21-19(23-13(17)3)16-9-22-24(4)18(16)20(25)26/h9-10,12,14-15H,5-8,11H2,1-4H3,(H,25,26)/t14?,15-/m0/s1. The highest BCUT2D eigenvalue weighted by Gasteiger charge is 2.25. The monoisotopic (exact) mass is 388 g/mol. The first kappa shape index (κ1) is 20.3. The zero-order valence-electron chi connectivity index (χ0n) is 16.9. The van der Waals surface area contributed by atoms with Crippen LogP contribution in [0.3, 0.4) is 0 Å². The summed E-state index contributed by atoms with van der Waals surface area (Å²) in [5, 5.41) is 13.4. The Labute approximate surface area is 164 Å². The largest absolute Gasteiger partial charge is 0.487 e. The van der Waals surface area contributed by atoms with Gasteiger partial charge >= 0.3 is 5.97 Å². The summed E-state index contributed by atoms with van der Waals surface area (Å²) in [6.45, 7) is 6.72. The van der Waals surface area contributed by atoms with Gasteiger partial charge in [0.2, 0.25) is 0 Å². The quantitative estimate of drug-likeness (QED) is 0.777. The summed E-state index contributed by atoms with van der Waals surface area (Å²) >= 11 is 0. The summed E-state index contributed by atoms with van der Waals surface area (Å²) in [6.07, 6.45) is 7.71. The van der Waals surface area contributed by atoms with Gasteiger partial charge in [-0.25, -0.2) is 14.8 Å². The summed E-state index contributed by atoms with van der Waals surface area (Å²) in [5.41, 5.74) is 1.15. The molecule has 0 aliphatic heterocycles. The first-order chi connectivity index (χ1) is 13.3. The highest BCUT2D eigenvalue weighted by Crippen LogP contribution is 2.30. The van der Waals surface area contributed by atoms with Crippen LogP contribution in [0.5, 0.6) is 5.75 Å². The maximum atomic E-state index is 11.5. The van der Waals surface area contributed by atoms with E-state index in [1.807, 2.05) is 6.92 Å². The molecule has 1 unspecified atom stereocenters. The van der Waals surface area contributed by atoms with Gasteiger partial charge in [-0.2, -0.15) is 5.10 Å². The Morgan fingerprint density at radius 2 is 2.14 bits per heavy atom. The molecular formula is C20H28N4O4. The molecule has 28 heavy (non-hydrogen) atoms. The fourth-order valence-electron chi connectivity index (χ4n) is 3.56. The van der Waals surface area contributed by atoms with Crippen molar-refractivity contribution >= 4 is 5.97 Å². The molecule has 0 aromatic carbocycles. The van der Waals surface area contributed by atoms with Crippen LogP contribution in [-0.4, -0.2) is 49.6 Å². The van der Waals surface area contributed by atoms with Crippen LogP contribution in [-0.2, 0) is 11.8 Å². The van der Waals surface area contributed by atoms with Crippen LogP contribution in [0.2, 0.25) is 0 Å². The zero-order valence-corrected chi connectivity index (χ0v) is 16.9. The van der Waals surface area contributed by atoms with E-state index >= 15 is 0 Å². The molecule has 0 bridgehead atoms. The van der Waals surface area contributed by atoms with Crippen LogP contribution >= 0.6 is 0 Å². The van der Waals surface area contributed by atoms with Crippen molar-refractivity contribution in [2.24, 2.45) is 13.0 Å². The molecule has 0 spiro atoms. The van der Waals surface area contributed by atoms with Gasteiger partial charge in [-0.15, -0.1) is 0 Å². The molecule has 0 radical (unpaired) electrons. The number of aromatic nitrogens is 4. The van der Waals surface area contributed by atoms with Crippen LogP contribution < -0.4 is 4.74 Å². The fraction of sp³-hybridized carbons (Fsp3) is 0.600. The number of aryl methyl sites for hydroxylation is 2. The molecule has 0 saturated heterocycles. The number of rotatable bonds is 7. The summed E-state index contributed by atoms with van der Waals surface area (Å²) in [6, 6.07) is 0. The normalized spacial score (nSPS) is 19.8. The van der Waals surface area contributed by atoms with Gasteiger partial charge < -0.3 is 14.6 Å². The van der Waals surface area contributed by atoms with Crippen LogP contribution in [0.25, 0.3) is 11.4 Å². The van der Waals surface area contributed by atoms with E-state index < -0.39 is 5.97 Å². The summed E-state index contributed by atoms with van der Waals surface area (Å²) in [7, 11) is 1.58. The van der Waals surface area contributed by atoms with Crippen molar-refractivity contribution in [3.05, 3.63) is 23.8 Å². The summed E-state index contributed by atoms with van der Waals surface area (Å²) in [5.74, 6) is 0.422. The van der Waals surface area contributed by atoms with E-state index in [4.69, 9.17) is 9.47 Å². The highest BCUT2D eigenvalue weighted by atomic mass is 16.5. The van der Waals surface area contributed by atoms with Crippen molar-refractivity contribution in [2.75, 3.05) is 6.61 Å². The molecule has 2 aromatic heterocycles. The maximum Gasteiger partial charge on any atom is 0.354 e. The number of carbonyl (C=O) groups is 1. The lowest BCUT2D eigenvalue weighted by molar-refractivity contribution is 0.0204. The average Bonchev–Trinajstić information content (AvgIpc) is 3.04. The molecule has 2 aromatic rings. The Morgan fingerprint density at radius 3 is 2.82 bits per heavy atom. The third-order valence-electron chi connectivity index (χ3n) is 5.01. The molecule has 0 amide bonds. The molecule has 1 N–H and O–H groups in total. The SMILES string of the molecule is Cc1nc(-c2cnn(C)c2C(=O)O)ncc1O[C@H]1CCCC(COC(C)C)C1. The number of nitrogens with zero attached hydrogens (tertiary/aromatic N) is 4. The van der Waals surface area contributed by atoms with Crippen molar-refractivity contribution in [1.29, 1.82) is 0 Å². The first-order valence-corrected chi connectivity index (χ1v) is 9.72. The Morgan fingerprint density at radius 1 is 1.36 bits per heavy atom. The zero-order chi connectivity index (χ0) is 20.3. The van der Waals surface area contributed by atoms with Crippen LogP contribution in [0.4, 0.5) is 0 Å².